The maximum Gasteiger partial charge on any atom is 0.406 e. The fourth-order valence-electron chi connectivity index (χ4n) is 2.81. The highest BCUT2D eigenvalue weighted by Crippen LogP contribution is 2.21. The van der Waals surface area contributed by atoms with Gasteiger partial charge in [-0.1, -0.05) is 43.3 Å². The van der Waals surface area contributed by atoms with Crippen LogP contribution >= 0.6 is 0 Å². The number of nitrogens with zero attached hydrogens (tertiary/aromatic N) is 5. The molecule has 0 saturated carbocycles. The third kappa shape index (κ3) is 5.19. The van der Waals surface area contributed by atoms with Crippen LogP contribution in [-0.4, -0.2) is 37.8 Å². The van der Waals surface area contributed by atoms with Crippen molar-refractivity contribution in [2.45, 2.75) is 45.6 Å². The van der Waals surface area contributed by atoms with E-state index in [1.54, 1.807) is 11.9 Å². The summed E-state index contributed by atoms with van der Waals surface area (Å²) in [5, 5.41) is 3.99. The summed E-state index contributed by atoms with van der Waals surface area (Å²) in [4.78, 5) is 10.2. The van der Waals surface area contributed by atoms with Crippen molar-refractivity contribution in [3.05, 3.63) is 53.9 Å². The second-order valence-electron chi connectivity index (χ2n) is 7.05. The maximum atomic E-state index is 12.6. The van der Waals surface area contributed by atoms with Crippen LogP contribution in [0.3, 0.4) is 0 Å². The van der Waals surface area contributed by atoms with Gasteiger partial charge in [0.15, 0.2) is 0 Å². The molecule has 9 heteroatoms. The molecule has 0 bridgehead atoms. The number of halogens is 3. The number of benzene rings is 1. The predicted molar refractivity (Wildman–Crippen MR) is 97.3 cm³/mol. The lowest BCUT2D eigenvalue weighted by Crippen LogP contribution is -2.24. The van der Waals surface area contributed by atoms with Gasteiger partial charge >= 0.3 is 6.18 Å². The minimum atomic E-state index is -4.29. The van der Waals surface area contributed by atoms with Gasteiger partial charge in [0.25, 0.3) is 0 Å². The fraction of sp³-hybridized carbons (Fsp3) is 0.421. The van der Waals surface area contributed by atoms with E-state index in [1.165, 1.54) is 18.0 Å². The number of alkyl halides is 3. The Balaban J connectivity index is 1.63. The van der Waals surface area contributed by atoms with Crippen LogP contribution in [0, 0.1) is 0 Å². The van der Waals surface area contributed by atoms with Gasteiger partial charge in [0.2, 0.25) is 11.7 Å². The van der Waals surface area contributed by atoms with Gasteiger partial charge in [0.05, 0.1) is 13.1 Å². The van der Waals surface area contributed by atoms with E-state index < -0.39 is 12.7 Å². The highest BCUT2D eigenvalue weighted by Gasteiger charge is 2.29. The summed E-state index contributed by atoms with van der Waals surface area (Å²) in [5.74, 6) is 1.63. The van der Waals surface area contributed by atoms with Crippen molar-refractivity contribution in [1.29, 1.82) is 0 Å². The SMILES string of the molecule is CC(C)c1ccc(-c2noc(CN(C)Cc3nccn3CC(F)(F)F)n2)cc1. The van der Waals surface area contributed by atoms with Crippen LogP contribution in [0.1, 0.15) is 37.0 Å². The molecule has 0 aliphatic carbocycles. The molecular formula is C19H22F3N5O. The molecule has 0 aliphatic rings. The summed E-state index contributed by atoms with van der Waals surface area (Å²) in [5.41, 5.74) is 2.07. The summed E-state index contributed by atoms with van der Waals surface area (Å²) in [6, 6.07) is 7.95. The van der Waals surface area contributed by atoms with Crippen molar-refractivity contribution in [3.8, 4) is 11.4 Å². The van der Waals surface area contributed by atoms with Crippen LogP contribution in [-0.2, 0) is 19.6 Å². The highest BCUT2D eigenvalue weighted by molar-refractivity contribution is 5.54. The summed E-state index contributed by atoms with van der Waals surface area (Å²) in [7, 11) is 1.76. The molecule has 0 aliphatic heterocycles. The van der Waals surface area contributed by atoms with Gasteiger partial charge in [-0.15, -0.1) is 0 Å². The van der Waals surface area contributed by atoms with E-state index in [4.69, 9.17) is 4.52 Å². The van der Waals surface area contributed by atoms with E-state index in [-0.39, 0.29) is 6.54 Å². The van der Waals surface area contributed by atoms with Gasteiger partial charge < -0.3 is 9.09 Å². The monoisotopic (exact) mass is 393 g/mol. The number of imidazole rings is 1. The molecule has 0 saturated heterocycles. The second kappa shape index (κ2) is 8.14. The Morgan fingerprint density at radius 1 is 1.14 bits per heavy atom. The zero-order chi connectivity index (χ0) is 20.3. The van der Waals surface area contributed by atoms with Gasteiger partial charge in [-0.2, -0.15) is 18.2 Å². The zero-order valence-electron chi connectivity index (χ0n) is 15.9. The molecule has 3 rings (SSSR count). The Bertz CT molecular complexity index is 899. The first-order chi connectivity index (χ1) is 13.2. The molecule has 150 valence electrons. The minimum Gasteiger partial charge on any atom is -0.338 e. The number of hydrogen-bond acceptors (Lipinski definition) is 5. The number of rotatable bonds is 7. The van der Waals surface area contributed by atoms with E-state index in [2.05, 4.69) is 29.0 Å². The first-order valence-electron chi connectivity index (χ1n) is 8.89. The van der Waals surface area contributed by atoms with E-state index in [0.717, 1.165) is 10.1 Å². The first kappa shape index (κ1) is 20.1. The number of hydrogen-bond donors (Lipinski definition) is 0. The van der Waals surface area contributed by atoms with Gasteiger partial charge in [0, 0.05) is 18.0 Å². The Kier molecular flexibility index (Phi) is 5.83. The Labute approximate surface area is 161 Å². The lowest BCUT2D eigenvalue weighted by atomic mass is 10.0. The maximum absolute atomic E-state index is 12.6. The summed E-state index contributed by atoms with van der Waals surface area (Å²) < 4.78 is 44.2. The van der Waals surface area contributed by atoms with Crippen molar-refractivity contribution >= 4 is 0 Å². The average Bonchev–Trinajstić information content (AvgIpc) is 3.23. The topological polar surface area (TPSA) is 60.0 Å². The molecule has 2 heterocycles. The van der Waals surface area contributed by atoms with Crippen LogP contribution in [0.4, 0.5) is 13.2 Å². The van der Waals surface area contributed by atoms with E-state index in [9.17, 15) is 13.2 Å². The Morgan fingerprint density at radius 3 is 2.50 bits per heavy atom. The Morgan fingerprint density at radius 2 is 1.86 bits per heavy atom. The second-order valence-corrected chi connectivity index (χ2v) is 7.05. The van der Waals surface area contributed by atoms with Crippen LogP contribution in [0.15, 0.2) is 41.2 Å². The fourth-order valence-corrected chi connectivity index (χ4v) is 2.81. The summed E-state index contributed by atoms with van der Waals surface area (Å²) in [6.45, 7) is 3.71. The molecule has 0 spiro atoms. The highest BCUT2D eigenvalue weighted by atomic mass is 19.4. The van der Waals surface area contributed by atoms with Gasteiger partial charge in [-0.25, -0.2) is 4.98 Å². The van der Waals surface area contributed by atoms with Gasteiger partial charge in [-0.05, 0) is 18.5 Å². The Hall–Kier alpha value is -2.68. The molecule has 0 atom stereocenters. The molecule has 0 amide bonds. The molecule has 0 unspecified atom stereocenters. The van der Waals surface area contributed by atoms with Crippen molar-refractivity contribution in [2.24, 2.45) is 0 Å². The standard InChI is InChI=1S/C19H22F3N5O/c1-13(2)14-4-6-15(7-5-14)18-24-17(28-25-18)11-26(3)10-16-23-8-9-27(16)12-19(20,21)22/h4-9,13H,10-12H2,1-3H3. The molecule has 6 nitrogen and oxygen atoms in total. The summed E-state index contributed by atoms with van der Waals surface area (Å²) >= 11 is 0. The van der Waals surface area contributed by atoms with Crippen molar-refractivity contribution in [1.82, 2.24) is 24.6 Å². The molecule has 28 heavy (non-hydrogen) atoms. The average molecular weight is 393 g/mol. The molecule has 3 aromatic rings. The zero-order valence-corrected chi connectivity index (χ0v) is 15.9. The van der Waals surface area contributed by atoms with Crippen molar-refractivity contribution < 1.29 is 17.7 Å². The first-order valence-corrected chi connectivity index (χ1v) is 8.89. The molecule has 0 fully saturated rings. The number of aromatic nitrogens is 4. The lowest BCUT2D eigenvalue weighted by Gasteiger charge is -2.16. The molecular weight excluding hydrogens is 371 g/mol. The predicted octanol–water partition coefficient (Wildman–Crippen LogP) is 4.25. The van der Waals surface area contributed by atoms with Crippen molar-refractivity contribution in [2.75, 3.05) is 7.05 Å². The van der Waals surface area contributed by atoms with Crippen LogP contribution in [0.25, 0.3) is 11.4 Å². The smallest absolute Gasteiger partial charge is 0.338 e. The normalized spacial score (nSPS) is 12.3. The molecule has 1 aromatic carbocycles. The molecule has 2 aromatic heterocycles. The molecule has 0 radical (unpaired) electrons. The largest absolute Gasteiger partial charge is 0.406 e. The van der Waals surface area contributed by atoms with Gasteiger partial charge in [0.1, 0.15) is 12.4 Å². The van der Waals surface area contributed by atoms with Crippen LogP contribution < -0.4 is 0 Å². The van der Waals surface area contributed by atoms with Crippen LogP contribution in [0.2, 0.25) is 0 Å². The van der Waals surface area contributed by atoms with E-state index >= 15 is 0 Å². The third-order valence-electron chi connectivity index (χ3n) is 4.27. The minimum absolute atomic E-state index is 0.226. The third-order valence-corrected chi connectivity index (χ3v) is 4.27. The van der Waals surface area contributed by atoms with Gasteiger partial charge in [-0.3, -0.25) is 4.90 Å². The lowest BCUT2D eigenvalue weighted by molar-refractivity contribution is -0.141. The van der Waals surface area contributed by atoms with E-state index in [1.807, 2.05) is 24.3 Å². The molecule has 0 N–H and O–H groups in total. The van der Waals surface area contributed by atoms with Crippen molar-refractivity contribution in [3.63, 3.8) is 0 Å². The van der Waals surface area contributed by atoms with Crippen LogP contribution in [0.5, 0.6) is 0 Å². The summed E-state index contributed by atoms with van der Waals surface area (Å²) in [6.07, 6.45) is -1.61. The van der Waals surface area contributed by atoms with E-state index in [0.29, 0.717) is 30.0 Å². The quantitative estimate of drug-likeness (QED) is 0.601.